The molecule has 0 fully saturated rings. The molecule has 3 aromatic rings. The zero-order valence-corrected chi connectivity index (χ0v) is 13.1. The Labute approximate surface area is 140 Å². The second kappa shape index (κ2) is 7.08. The van der Waals surface area contributed by atoms with E-state index in [0.717, 1.165) is 4.68 Å². The fraction of sp³-hybridized carbons (Fsp3) is 0.118. The third-order valence-electron chi connectivity index (χ3n) is 3.38. The van der Waals surface area contributed by atoms with Gasteiger partial charge in [-0.15, -0.1) is 0 Å². The Kier molecular flexibility index (Phi) is 4.69. The topological polar surface area (TPSA) is 65.7 Å². The molecule has 0 amide bonds. The van der Waals surface area contributed by atoms with E-state index in [1.165, 1.54) is 37.9 Å². The van der Waals surface area contributed by atoms with Crippen molar-refractivity contribution in [3.05, 3.63) is 64.7 Å². The third-order valence-corrected chi connectivity index (χ3v) is 3.38. The molecule has 2 aromatic carbocycles. The van der Waals surface area contributed by atoms with Crippen molar-refractivity contribution in [3.8, 4) is 11.5 Å². The maximum Gasteiger partial charge on any atom is 0.387 e. The lowest BCUT2D eigenvalue weighted by Gasteiger charge is -2.10. The summed E-state index contributed by atoms with van der Waals surface area (Å²) >= 11 is 0. The number of para-hydroxylation sites is 1. The first kappa shape index (κ1) is 16.6. The molecule has 0 saturated carbocycles. The first-order valence-electron chi connectivity index (χ1n) is 7.22. The zero-order valence-electron chi connectivity index (χ0n) is 13.1. The Bertz CT molecular complexity index is 986. The van der Waals surface area contributed by atoms with Gasteiger partial charge in [-0.25, -0.2) is 4.98 Å². The standard InChI is InChI=1S/C17H13F2N3O3/c1-24-15-8-11(6-7-14(15)25-17(18)19)9-21-22-10-20-13-5-3-2-4-12(13)16(22)23/h2-10,17H,1H3/b21-9+. The molecule has 0 radical (unpaired) electrons. The van der Waals surface area contributed by atoms with Gasteiger partial charge in [-0.2, -0.15) is 18.6 Å². The van der Waals surface area contributed by atoms with E-state index in [9.17, 15) is 13.6 Å². The van der Waals surface area contributed by atoms with Crippen molar-refractivity contribution in [2.24, 2.45) is 5.10 Å². The van der Waals surface area contributed by atoms with Crippen LogP contribution in [0.2, 0.25) is 0 Å². The van der Waals surface area contributed by atoms with Gasteiger partial charge in [-0.05, 0) is 35.9 Å². The second-order valence-corrected chi connectivity index (χ2v) is 4.94. The van der Waals surface area contributed by atoms with Crippen molar-refractivity contribution in [3.63, 3.8) is 0 Å². The number of benzene rings is 2. The zero-order chi connectivity index (χ0) is 17.8. The van der Waals surface area contributed by atoms with Crippen molar-refractivity contribution in [2.45, 2.75) is 6.61 Å². The average Bonchev–Trinajstić information content (AvgIpc) is 2.62. The molecule has 0 spiro atoms. The Morgan fingerprint density at radius 1 is 1.20 bits per heavy atom. The highest BCUT2D eigenvalue weighted by Crippen LogP contribution is 2.28. The highest BCUT2D eigenvalue weighted by Gasteiger charge is 2.10. The van der Waals surface area contributed by atoms with Crippen molar-refractivity contribution in [2.75, 3.05) is 7.11 Å². The summed E-state index contributed by atoms with van der Waals surface area (Å²) in [5, 5.41) is 4.51. The first-order chi connectivity index (χ1) is 12.1. The smallest absolute Gasteiger partial charge is 0.387 e. The molecule has 0 atom stereocenters. The molecule has 0 saturated heterocycles. The number of hydrogen-bond acceptors (Lipinski definition) is 5. The van der Waals surface area contributed by atoms with Crippen LogP contribution >= 0.6 is 0 Å². The summed E-state index contributed by atoms with van der Waals surface area (Å²) in [6, 6.07) is 11.3. The minimum atomic E-state index is -2.95. The number of methoxy groups -OCH3 is 1. The van der Waals surface area contributed by atoms with E-state index in [-0.39, 0.29) is 17.1 Å². The third kappa shape index (κ3) is 3.63. The number of hydrogen-bond donors (Lipinski definition) is 0. The van der Waals surface area contributed by atoms with Gasteiger partial charge in [0.05, 0.1) is 24.2 Å². The Morgan fingerprint density at radius 3 is 2.76 bits per heavy atom. The van der Waals surface area contributed by atoms with Crippen LogP contribution in [0.15, 0.2) is 58.7 Å². The molecular formula is C17H13F2N3O3. The fourth-order valence-corrected chi connectivity index (χ4v) is 2.23. The van der Waals surface area contributed by atoms with Crippen LogP contribution in [-0.2, 0) is 0 Å². The molecule has 25 heavy (non-hydrogen) atoms. The molecule has 0 bridgehead atoms. The lowest BCUT2D eigenvalue weighted by molar-refractivity contribution is -0.0512. The van der Waals surface area contributed by atoms with Crippen LogP contribution < -0.4 is 15.0 Å². The van der Waals surface area contributed by atoms with Gasteiger partial charge in [-0.3, -0.25) is 4.79 Å². The van der Waals surface area contributed by atoms with Crippen LogP contribution in [0.5, 0.6) is 11.5 Å². The van der Waals surface area contributed by atoms with Crippen LogP contribution in [-0.4, -0.2) is 29.6 Å². The molecule has 0 aliphatic carbocycles. The van der Waals surface area contributed by atoms with Crippen LogP contribution in [0, 0.1) is 0 Å². The fourth-order valence-electron chi connectivity index (χ4n) is 2.23. The molecule has 3 rings (SSSR count). The summed E-state index contributed by atoms with van der Waals surface area (Å²) in [4.78, 5) is 16.5. The maximum absolute atomic E-state index is 12.3. The number of rotatable bonds is 5. The quantitative estimate of drug-likeness (QED) is 0.667. The van der Waals surface area contributed by atoms with E-state index in [4.69, 9.17) is 4.74 Å². The predicted octanol–water partition coefficient (Wildman–Crippen LogP) is 2.89. The summed E-state index contributed by atoms with van der Waals surface area (Å²) in [6.07, 6.45) is 2.71. The molecule has 1 aromatic heterocycles. The Hall–Kier alpha value is -3.29. The molecular weight excluding hydrogens is 332 g/mol. The predicted molar refractivity (Wildman–Crippen MR) is 88.6 cm³/mol. The molecule has 1 heterocycles. The number of aromatic nitrogens is 2. The van der Waals surface area contributed by atoms with Gasteiger partial charge in [0.1, 0.15) is 6.33 Å². The number of alkyl halides is 2. The van der Waals surface area contributed by atoms with E-state index in [1.54, 1.807) is 24.3 Å². The molecule has 128 valence electrons. The van der Waals surface area contributed by atoms with E-state index in [0.29, 0.717) is 16.5 Å². The van der Waals surface area contributed by atoms with Crippen LogP contribution in [0.4, 0.5) is 8.78 Å². The van der Waals surface area contributed by atoms with Gasteiger partial charge in [0.25, 0.3) is 5.56 Å². The lowest BCUT2D eigenvalue weighted by Crippen LogP contribution is -2.16. The summed E-state index contributed by atoms with van der Waals surface area (Å²) in [5.74, 6) is 0.0485. The largest absolute Gasteiger partial charge is 0.493 e. The van der Waals surface area contributed by atoms with Crippen LogP contribution in [0.3, 0.4) is 0 Å². The van der Waals surface area contributed by atoms with Gasteiger partial charge >= 0.3 is 6.61 Å². The molecule has 0 unspecified atom stereocenters. The SMILES string of the molecule is COc1cc(/C=N/n2cnc3ccccc3c2=O)ccc1OC(F)F. The summed E-state index contributed by atoms with van der Waals surface area (Å²) in [7, 11) is 1.34. The Morgan fingerprint density at radius 2 is 2.00 bits per heavy atom. The van der Waals surface area contributed by atoms with E-state index in [1.807, 2.05) is 0 Å². The van der Waals surface area contributed by atoms with Crippen molar-refractivity contribution in [1.29, 1.82) is 0 Å². The van der Waals surface area contributed by atoms with Gasteiger partial charge in [0, 0.05) is 0 Å². The minimum absolute atomic E-state index is 0.0841. The number of ether oxygens (including phenoxy) is 2. The van der Waals surface area contributed by atoms with Crippen LogP contribution in [0.25, 0.3) is 10.9 Å². The van der Waals surface area contributed by atoms with Gasteiger partial charge in [0.2, 0.25) is 0 Å². The number of fused-ring (bicyclic) bond motifs is 1. The highest BCUT2D eigenvalue weighted by atomic mass is 19.3. The van der Waals surface area contributed by atoms with Crippen LogP contribution in [0.1, 0.15) is 5.56 Å². The van der Waals surface area contributed by atoms with E-state index in [2.05, 4.69) is 14.8 Å². The monoisotopic (exact) mass is 345 g/mol. The normalized spacial score (nSPS) is 11.4. The van der Waals surface area contributed by atoms with Gasteiger partial charge in [0.15, 0.2) is 11.5 Å². The number of halogens is 2. The van der Waals surface area contributed by atoms with Crippen molar-refractivity contribution in [1.82, 2.24) is 9.66 Å². The van der Waals surface area contributed by atoms with E-state index >= 15 is 0 Å². The molecule has 0 aliphatic rings. The second-order valence-electron chi connectivity index (χ2n) is 4.94. The summed E-state index contributed by atoms with van der Waals surface area (Å²) in [5.41, 5.74) is 0.805. The van der Waals surface area contributed by atoms with Gasteiger partial charge in [-0.1, -0.05) is 12.1 Å². The highest BCUT2D eigenvalue weighted by molar-refractivity contribution is 5.81. The first-order valence-corrected chi connectivity index (χ1v) is 7.22. The summed E-state index contributed by atoms with van der Waals surface area (Å²) < 4.78 is 35.1. The molecule has 6 nitrogen and oxygen atoms in total. The van der Waals surface area contributed by atoms with Gasteiger partial charge < -0.3 is 9.47 Å². The number of nitrogens with zero attached hydrogens (tertiary/aromatic N) is 3. The Balaban J connectivity index is 1.92. The maximum atomic E-state index is 12.3. The van der Waals surface area contributed by atoms with Crippen molar-refractivity contribution >= 4 is 17.1 Å². The molecule has 0 aliphatic heterocycles. The molecule has 0 N–H and O–H groups in total. The minimum Gasteiger partial charge on any atom is -0.493 e. The average molecular weight is 345 g/mol. The van der Waals surface area contributed by atoms with Crippen molar-refractivity contribution < 1.29 is 18.3 Å². The van der Waals surface area contributed by atoms with E-state index < -0.39 is 6.61 Å². The molecule has 8 heteroatoms. The summed E-state index contributed by atoms with van der Waals surface area (Å²) in [6.45, 7) is -2.95. The lowest BCUT2D eigenvalue weighted by atomic mass is 10.2.